The predicted octanol–water partition coefficient (Wildman–Crippen LogP) is 6.61. The van der Waals surface area contributed by atoms with Crippen LogP contribution in [0, 0.1) is 13.8 Å². The third kappa shape index (κ3) is 9.54. The number of carbonyl (C=O) groups is 2. The van der Waals surface area contributed by atoms with Crippen LogP contribution in [-0.2, 0) is 16.0 Å². The van der Waals surface area contributed by atoms with Gasteiger partial charge in [0.2, 0.25) is 5.91 Å². The third-order valence-electron chi connectivity index (χ3n) is 7.56. The van der Waals surface area contributed by atoms with Crippen LogP contribution in [0.25, 0.3) is 0 Å². The summed E-state index contributed by atoms with van der Waals surface area (Å²) in [5.41, 5.74) is 3.34. The van der Waals surface area contributed by atoms with Gasteiger partial charge < -0.3 is 24.4 Å². The highest BCUT2D eigenvalue weighted by Gasteiger charge is 2.24. The molecule has 1 aliphatic heterocycles. The van der Waals surface area contributed by atoms with Crippen molar-refractivity contribution in [3.8, 4) is 11.5 Å². The van der Waals surface area contributed by atoms with Crippen molar-refractivity contribution in [2.75, 3.05) is 36.5 Å². The first kappa shape index (κ1) is 33.0. The Hall–Kier alpha value is -3.92. The summed E-state index contributed by atoms with van der Waals surface area (Å²) in [5.74, 6) is 2.18. The van der Waals surface area contributed by atoms with Crippen molar-refractivity contribution in [2.24, 2.45) is 0 Å². The summed E-state index contributed by atoms with van der Waals surface area (Å²) in [6.45, 7) is 15.1. The fourth-order valence-electron chi connectivity index (χ4n) is 5.32. The van der Waals surface area contributed by atoms with Gasteiger partial charge in [0.05, 0.1) is 37.7 Å². The molecule has 9 nitrogen and oxygen atoms in total. The standard InChI is InChI=1S/C34H46N4O5Si/c1-7-41-28-12-8-9-13-29(28)43-27-11-10-16-38(23-27)31-22-35-21-30(36-31)37-32(39)15-14-26-19-24(2)33(25(3)20-26)34(40)42-17-18-44(4,5)6/h8-9,12-13,19-22,27H,7,10-11,14-18,23H2,1-6H3,(H,36,37,39)/t27-/m1/s1. The second kappa shape index (κ2) is 15.2. The molecule has 0 bridgehead atoms. The van der Waals surface area contributed by atoms with Crippen LogP contribution in [0.1, 0.15) is 53.2 Å². The number of nitrogens with zero attached hydrogens (tertiary/aromatic N) is 3. The smallest absolute Gasteiger partial charge is 0.338 e. The van der Waals surface area contributed by atoms with Crippen molar-refractivity contribution in [1.82, 2.24) is 9.97 Å². The molecule has 2 aromatic carbocycles. The highest BCUT2D eigenvalue weighted by molar-refractivity contribution is 6.76. The van der Waals surface area contributed by atoms with Gasteiger partial charge >= 0.3 is 5.97 Å². The van der Waals surface area contributed by atoms with Crippen molar-refractivity contribution in [3.63, 3.8) is 0 Å². The SMILES string of the molecule is CCOc1ccccc1O[C@@H]1CCCN(c2cncc(NC(=O)CCc3cc(C)c(C(=O)OCC[Si](C)(C)C)c(C)c3)n2)C1. The minimum atomic E-state index is -1.28. The van der Waals surface area contributed by atoms with Gasteiger partial charge in [-0.1, -0.05) is 43.9 Å². The minimum absolute atomic E-state index is 0.0179. The van der Waals surface area contributed by atoms with Crippen molar-refractivity contribution in [2.45, 2.75) is 78.2 Å². The predicted molar refractivity (Wildman–Crippen MR) is 177 cm³/mol. The van der Waals surface area contributed by atoms with Gasteiger partial charge in [-0.15, -0.1) is 0 Å². The van der Waals surface area contributed by atoms with Crippen LogP contribution >= 0.6 is 0 Å². The molecule has 2 heterocycles. The number of nitrogens with one attached hydrogen (secondary N) is 1. The average Bonchev–Trinajstić information content (AvgIpc) is 2.96. The lowest BCUT2D eigenvalue weighted by atomic mass is 9.97. The molecular weight excluding hydrogens is 572 g/mol. The van der Waals surface area contributed by atoms with E-state index in [1.807, 2.05) is 57.2 Å². The molecule has 0 radical (unpaired) electrons. The van der Waals surface area contributed by atoms with E-state index in [0.717, 1.165) is 53.6 Å². The number of hydrogen-bond donors (Lipinski definition) is 1. The van der Waals surface area contributed by atoms with Crippen LogP contribution < -0.4 is 19.7 Å². The Kier molecular flexibility index (Phi) is 11.4. The normalized spacial score (nSPS) is 15.0. The first-order chi connectivity index (χ1) is 21.0. The molecule has 1 aliphatic rings. The molecule has 0 saturated carbocycles. The highest BCUT2D eigenvalue weighted by Crippen LogP contribution is 2.30. The number of piperidine rings is 1. The van der Waals surface area contributed by atoms with Crippen LogP contribution in [-0.4, -0.2) is 62.3 Å². The maximum Gasteiger partial charge on any atom is 0.338 e. The Morgan fingerprint density at radius 3 is 2.50 bits per heavy atom. The number of anilines is 2. The van der Waals surface area contributed by atoms with Crippen LogP contribution in [0.15, 0.2) is 48.8 Å². The fraction of sp³-hybridized carbons (Fsp3) is 0.471. The van der Waals surface area contributed by atoms with Crippen LogP contribution in [0.5, 0.6) is 11.5 Å². The molecule has 1 aromatic heterocycles. The number of carbonyl (C=O) groups excluding carboxylic acids is 2. The zero-order valence-corrected chi connectivity index (χ0v) is 27.9. The number of amides is 1. The van der Waals surface area contributed by atoms with Gasteiger partial charge in [-0.2, -0.15) is 0 Å². The molecule has 44 heavy (non-hydrogen) atoms. The highest BCUT2D eigenvalue weighted by atomic mass is 28.3. The molecule has 0 spiro atoms. The second-order valence-corrected chi connectivity index (χ2v) is 18.2. The number of aryl methyl sites for hydroxylation is 3. The Bertz CT molecular complexity index is 1420. The first-order valence-corrected chi connectivity index (χ1v) is 19.3. The summed E-state index contributed by atoms with van der Waals surface area (Å²) in [6.07, 6.45) is 5.97. The second-order valence-electron chi connectivity index (χ2n) is 12.6. The Balaban J connectivity index is 1.31. The summed E-state index contributed by atoms with van der Waals surface area (Å²) in [5, 5.41) is 2.90. The van der Waals surface area contributed by atoms with E-state index in [2.05, 4.69) is 39.8 Å². The van der Waals surface area contributed by atoms with Crippen molar-refractivity contribution in [1.29, 1.82) is 0 Å². The lowest BCUT2D eigenvalue weighted by Gasteiger charge is -2.33. The molecule has 1 saturated heterocycles. The maximum atomic E-state index is 12.9. The summed E-state index contributed by atoms with van der Waals surface area (Å²) in [6, 6.07) is 12.6. The third-order valence-corrected chi connectivity index (χ3v) is 9.26. The number of ether oxygens (including phenoxy) is 3. The van der Waals surface area contributed by atoms with Gasteiger partial charge in [0.1, 0.15) is 11.9 Å². The van der Waals surface area contributed by atoms with E-state index in [-0.39, 0.29) is 24.4 Å². The first-order valence-electron chi connectivity index (χ1n) is 15.5. The Morgan fingerprint density at radius 1 is 1.07 bits per heavy atom. The van der Waals surface area contributed by atoms with E-state index in [9.17, 15) is 9.59 Å². The number of rotatable bonds is 13. The van der Waals surface area contributed by atoms with E-state index >= 15 is 0 Å². The number of para-hydroxylation sites is 2. The van der Waals surface area contributed by atoms with Crippen molar-refractivity contribution < 1.29 is 23.8 Å². The Morgan fingerprint density at radius 2 is 1.80 bits per heavy atom. The molecule has 4 rings (SSSR count). The van der Waals surface area contributed by atoms with Crippen LogP contribution in [0.4, 0.5) is 11.6 Å². The number of aromatic nitrogens is 2. The van der Waals surface area contributed by atoms with Gasteiger partial charge in [-0.3, -0.25) is 9.78 Å². The zero-order valence-electron chi connectivity index (χ0n) is 26.9. The number of benzene rings is 2. The maximum absolute atomic E-state index is 12.9. The van der Waals surface area contributed by atoms with Gasteiger partial charge in [0, 0.05) is 21.0 Å². The van der Waals surface area contributed by atoms with Gasteiger partial charge in [0.25, 0.3) is 0 Å². The Labute approximate surface area is 262 Å². The molecule has 0 aliphatic carbocycles. The zero-order chi connectivity index (χ0) is 31.7. The molecular formula is C34H46N4O5Si. The summed E-state index contributed by atoms with van der Waals surface area (Å²) < 4.78 is 17.6. The summed E-state index contributed by atoms with van der Waals surface area (Å²) in [4.78, 5) is 36.8. The van der Waals surface area contributed by atoms with E-state index < -0.39 is 8.07 Å². The molecule has 1 N–H and O–H groups in total. The largest absolute Gasteiger partial charge is 0.490 e. The van der Waals surface area contributed by atoms with E-state index in [1.165, 1.54) is 0 Å². The lowest BCUT2D eigenvalue weighted by Crippen LogP contribution is -2.41. The van der Waals surface area contributed by atoms with Crippen molar-refractivity contribution in [3.05, 3.63) is 71.0 Å². The summed E-state index contributed by atoms with van der Waals surface area (Å²) in [7, 11) is -1.28. The van der Waals surface area contributed by atoms with Gasteiger partial charge in [0.15, 0.2) is 17.3 Å². The average molecular weight is 619 g/mol. The fourth-order valence-corrected chi connectivity index (χ4v) is 6.03. The van der Waals surface area contributed by atoms with Crippen molar-refractivity contribution >= 4 is 31.6 Å². The van der Waals surface area contributed by atoms with Gasteiger partial charge in [-0.25, -0.2) is 9.78 Å². The number of hydrogen-bond acceptors (Lipinski definition) is 8. The topological polar surface area (TPSA) is 103 Å². The van der Waals surface area contributed by atoms with Gasteiger partial charge in [-0.05, 0) is 74.9 Å². The number of esters is 1. The van der Waals surface area contributed by atoms with Crippen LogP contribution in [0.2, 0.25) is 25.7 Å². The molecule has 1 fully saturated rings. The molecule has 1 amide bonds. The molecule has 0 unspecified atom stereocenters. The van der Waals surface area contributed by atoms with E-state index in [4.69, 9.17) is 14.2 Å². The molecule has 1 atom stereocenters. The molecule has 10 heteroatoms. The monoisotopic (exact) mass is 618 g/mol. The summed E-state index contributed by atoms with van der Waals surface area (Å²) >= 11 is 0. The van der Waals surface area contributed by atoms with E-state index in [0.29, 0.717) is 43.4 Å². The lowest BCUT2D eigenvalue weighted by molar-refractivity contribution is -0.116. The molecule has 3 aromatic rings. The quantitative estimate of drug-likeness (QED) is 0.169. The van der Waals surface area contributed by atoms with E-state index in [1.54, 1.807) is 12.4 Å². The minimum Gasteiger partial charge on any atom is -0.490 e. The molecule has 236 valence electrons. The van der Waals surface area contributed by atoms with Crippen LogP contribution in [0.3, 0.4) is 0 Å².